The number of fused-ring (bicyclic) bond motifs is 3. The Labute approximate surface area is 286 Å². The highest BCUT2D eigenvalue weighted by Crippen LogP contribution is 2.35. The number of hydrogen-bond donors (Lipinski definition) is 2. The third-order valence-electron chi connectivity index (χ3n) is 11.2. The summed E-state index contributed by atoms with van der Waals surface area (Å²) >= 11 is 8.02. The smallest absolute Gasteiger partial charge is 0.322 e. The summed E-state index contributed by atoms with van der Waals surface area (Å²) in [6, 6.07) is 5.36. The zero-order chi connectivity index (χ0) is 32.8. The Morgan fingerprint density at radius 3 is 2.45 bits per heavy atom. The van der Waals surface area contributed by atoms with Gasteiger partial charge in [0.1, 0.15) is 0 Å². The lowest BCUT2D eigenvalue weighted by atomic mass is 9.91. The number of anilines is 2. The number of piperazine rings is 1. The Bertz CT molecular complexity index is 1570. The van der Waals surface area contributed by atoms with Crippen LogP contribution in [0.5, 0.6) is 0 Å². The van der Waals surface area contributed by atoms with Crippen molar-refractivity contribution in [3.8, 4) is 12.3 Å². The first kappa shape index (κ1) is 32.3. The average Bonchev–Trinajstić information content (AvgIpc) is 3.81. The van der Waals surface area contributed by atoms with E-state index in [4.69, 9.17) is 23.8 Å². The molecule has 2 aromatic rings. The highest BCUT2D eigenvalue weighted by atomic mass is 35.5. The van der Waals surface area contributed by atoms with Crippen molar-refractivity contribution in [2.75, 3.05) is 57.4 Å². The molecule has 10 nitrogen and oxygen atoms in total. The van der Waals surface area contributed by atoms with Crippen LogP contribution in [-0.4, -0.2) is 113 Å². The number of hydrogen-bond acceptors (Lipinski definition) is 7. The Balaban J connectivity index is 1.00. The molecule has 7 rings (SSSR count). The predicted molar refractivity (Wildman–Crippen MR) is 185 cm³/mol. The molecular formula is C35H44ClN7O3S. The molecule has 3 atom stereocenters. The fourth-order valence-electron chi connectivity index (χ4n) is 8.52. The number of amides is 4. The summed E-state index contributed by atoms with van der Waals surface area (Å²) in [7, 11) is 2.22. The molecule has 5 aliphatic heterocycles. The molecule has 4 fully saturated rings. The number of likely N-dealkylation sites (N-methyl/N-ethyl adjacent to an activating group) is 1. The molecule has 6 heterocycles. The van der Waals surface area contributed by atoms with Gasteiger partial charge in [-0.05, 0) is 68.6 Å². The summed E-state index contributed by atoms with van der Waals surface area (Å²) in [6.07, 6.45) is 10.7. The van der Waals surface area contributed by atoms with E-state index >= 15 is 0 Å². The van der Waals surface area contributed by atoms with E-state index < -0.39 is 5.92 Å². The number of carbonyl (C=O) groups excluding carboxylic acids is 3. The Hall–Kier alpha value is -3.30. The number of piperidine rings is 2. The Morgan fingerprint density at radius 2 is 1.77 bits per heavy atom. The van der Waals surface area contributed by atoms with Crippen molar-refractivity contribution in [1.82, 2.24) is 24.5 Å². The second kappa shape index (κ2) is 13.3. The van der Waals surface area contributed by atoms with Gasteiger partial charge in [-0.3, -0.25) is 14.5 Å². The van der Waals surface area contributed by atoms with Gasteiger partial charge in [-0.2, -0.15) is 0 Å². The molecule has 1 aromatic heterocycles. The largest absolute Gasteiger partial charge is 0.397 e. The molecule has 5 aliphatic rings. The van der Waals surface area contributed by atoms with Gasteiger partial charge in [0.05, 0.1) is 28.9 Å². The van der Waals surface area contributed by atoms with Crippen molar-refractivity contribution in [3.63, 3.8) is 0 Å². The molecule has 2 bridgehead atoms. The number of halogens is 1. The van der Waals surface area contributed by atoms with E-state index in [0.717, 1.165) is 42.7 Å². The third-order valence-corrected chi connectivity index (χ3v) is 12.3. The summed E-state index contributed by atoms with van der Waals surface area (Å²) in [5, 5.41) is 7.40. The van der Waals surface area contributed by atoms with Crippen LogP contribution in [0, 0.1) is 18.3 Å². The summed E-state index contributed by atoms with van der Waals surface area (Å²) in [6.45, 7) is 5.36. The van der Waals surface area contributed by atoms with Crippen LogP contribution in [-0.2, 0) is 22.6 Å². The second-order valence-corrected chi connectivity index (χ2v) is 15.2. The summed E-state index contributed by atoms with van der Waals surface area (Å²) in [5.74, 6) is 2.04. The van der Waals surface area contributed by atoms with Gasteiger partial charge < -0.3 is 30.7 Å². The normalized spacial score (nSPS) is 24.7. The highest BCUT2D eigenvalue weighted by molar-refractivity contribution is 7.08. The van der Waals surface area contributed by atoms with E-state index in [2.05, 4.69) is 33.5 Å². The van der Waals surface area contributed by atoms with Gasteiger partial charge in [0.2, 0.25) is 11.8 Å². The van der Waals surface area contributed by atoms with E-state index in [1.54, 1.807) is 17.4 Å². The monoisotopic (exact) mass is 677 g/mol. The minimum absolute atomic E-state index is 0.0149. The molecule has 12 heteroatoms. The third kappa shape index (κ3) is 6.45. The lowest BCUT2D eigenvalue weighted by molar-refractivity contribution is -0.143. The lowest BCUT2D eigenvalue weighted by Gasteiger charge is -2.42. The number of thiophene rings is 1. The van der Waals surface area contributed by atoms with Crippen LogP contribution >= 0.6 is 22.9 Å². The number of nitrogens with zero attached hydrogens (tertiary/aromatic N) is 5. The molecule has 4 amide bonds. The number of rotatable bonds is 7. The van der Waals surface area contributed by atoms with Gasteiger partial charge in [-0.25, -0.2) is 4.79 Å². The topological polar surface area (TPSA) is 105 Å². The number of urea groups is 1. The molecule has 250 valence electrons. The van der Waals surface area contributed by atoms with Gasteiger partial charge in [0, 0.05) is 86.4 Å². The number of terminal acetylenes is 1. The van der Waals surface area contributed by atoms with Crippen LogP contribution in [0.15, 0.2) is 22.9 Å². The first-order chi connectivity index (χ1) is 22.7. The van der Waals surface area contributed by atoms with Crippen molar-refractivity contribution in [2.24, 2.45) is 5.92 Å². The van der Waals surface area contributed by atoms with Gasteiger partial charge in [-0.1, -0.05) is 17.5 Å². The Kier molecular flexibility index (Phi) is 9.13. The maximum Gasteiger partial charge on any atom is 0.322 e. The summed E-state index contributed by atoms with van der Waals surface area (Å²) < 4.78 is 0. The fourth-order valence-corrected chi connectivity index (χ4v) is 9.54. The van der Waals surface area contributed by atoms with Crippen molar-refractivity contribution in [2.45, 2.75) is 75.7 Å². The maximum atomic E-state index is 14.2. The number of nitrogens with one attached hydrogen (secondary N) is 1. The van der Waals surface area contributed by atoms with E-state index in [9.17, 15) is 14.4 Å². The molecule has 3 N–H and O–H groups in total. The van der Waals surface area contributed by atoms with Crippen molar-refractivity contribution >= 4 is 52.2 Å². The first-order valence-corrected chi connectivity index (χ1v) is 18.2. The predicted octanol–water partition coefficient (Wildman–Crippen LogP) is 3.93. The van der Waals surface area contributed by atoms with Gasteiger partial charge in [0.15, 0.2) is 0 Å². The van der Waals surface area contributed by atoms with Gasteiger partial charge >= 0.3 is 6.03 Å². The number of likely N-dealkylation sites (tertiary alicyclic amines) is 4. The van der Waals surface area contributed by atoms with E-state index in [1.807, 2.05) is 26.1 Å². The maximum absolute atomic E-state index is 14.2. The highest BCUT2D eigenvalue weighted by Gasteiger charge is 2.45. The Morgan fingerprint density at radius 1 is 1.04 bits per heavy atom. The number of carbonyl (C=O) groups is 3. The van der Waals surface area contributed by atoms with Crippen LogP contribution in [0.1, 0.15) is 55.2 Å². The average molecular weight is 678 g/mol. The second-order valence-electron chi connectivity index (χ2n) is 14.0. The van der Waals surface area contributed by atoms with Crippen LogP contribution in [0.3, 0.4) is 0 Å². The summed E-state index contributed by atoms with van der Waals surface area (Å²) in [4.78, 5) is 51.7. The van der Waals surface area contributed by atoms with Crippen molar-refractivity contribution in [3.05, 3.63) is 44.6 Å². The quantitative estimate of drug-likeness (QED) is 0.340. The van der Waals surface area contributed by atoms with E-state index in [0.29, 0.717) is 86.4 Å². The van der Waals surface area contributed by atoms with E-state index in [1.165, 1.54) is 6.42 Å². The fraction of sp³-hybridized carbons (Fsp3) is 0.571. The molecule has 47 heavy (non-hydrogen) atoms. The molecule has 0 spiro atoms. The minimum Gasteiger partial charge on any atom is -0.397 e. The summed E-state index contributed by atoms with van der Waals surface area (Å²) in [5.41, 5.74) is 9.77. The SMILES string of the molecule is C#Cc1cc(C[C@@H](CC(=O)N2CCC(N3Cc4cscc4NC3=O)CC2)C(=O)N2CCC(N3CC4CC3CN4C)CC2)cc(Cl)c1N. The van der Waals surface area contributed by atoms with Crippen LogP contribution in [0.4, 0.5) is 16.2 Å². The zero-order valence-corrected chi connectivity index (χ0v) is 28.6. The molecule has 0 saturated carbocycles. The molecule has 4 saturated heterocycles. The van der Waals surface area contributed by atoms with Crippen LogP contribution in [0.2, 0.25) is 5.02 Å². The van der Waals surface area contributed by atoms with Crippen LogP contribution < -0.4 is 11.1 Å². The molecule has 2 unspecified atom stereocenters. The number of benzene rings is 1. The molecule has 0 aliphatic carbocycles. The van der Waals surface area contributed by atoms with E-state index in [-0.39, 0.29) is 30.3 Å². The molecule has 0 radical (unpaired) electrons. The lowest BCUT2D eigenvalue weighted by Crippen LogP contribution is -2.54. The minimum atomic E-state index is -0.538. The van der Waals surface area contributed by atoms with Gasteiger partial charge in [0.25, 0.3) is 0 Å². The van der Waals surface area contributed by atoms with Crippen molar-refractivity contribution in [1.29, 1.82) is 0 Å². The standard InChI is InChI=1S/C35H44ClN7O3S/c1-3-23-12-22(14-30(36)33(23)37)13-24(34(45)41-10-6-26(7-11-41)42-19-28-16-29(42)18-39(28)2)15-32(44)40-8-4-27(5-9-40)43-17-25-20-47-21-31(25)38-35(43)46/h1,12,14,20-21,24,26-29H,4-11,13,15-19,37H2,2H3,(H,38,46)/t24-,28?,29?/m0/s1. The number of nitrogens with two attached hydrogens (primary N) is 1. The zero-order valence-electron chi connectivity index (χ0n) is 27.0. The number of nitrogen functional groups attached to an aromatic ring is 1. The van der Waals surface area contributed by atoms with Gasteiger partial charge in [-0.15, -0.1) is 17.8 Å². The first-order valence-electron chi connectivity index (χ1n) is 16.9. The molecular weight excluding hydrogens is 634 g/mol. The van der Waals surface area contributed by atoms with Crippen molar-refractivity contribution < 1.29 is 14.4 Å². The van der Waals surface area contributed by atoms with Crippen LogP contribution in [0.25, 0.3) is 0 Å². The molecule has 1 aromatic carbocycles.